The number of piperidine rings is 1. The van der Waals surface area contributed by atoms with E-state index in [1.165, 1.54) is 0 Å². The van der Waals surface area contributed by atoms with Gasteiger partial charge in [0, 0.05) is 13.1 Å². The lowest BCUT2D eigenvalue weighted by Gasteiger charge is -2.32. The number of carbonyl (C=O) groups is 1. The molecule has 1 heterocycles. The van der Waals surface area contributed by atoms with Crippen molar-refractivity contribution < 1.29 is 14.6 Å². The Kier molecular flexibility index (Phi) is 6.41. The molecular formula is C12H25NO3. The van der Waals surface area contributed by atoms with Crippen LogP contribution in [0.1, 0.15) is 47.5 Å². The molecule has 1 saturated heterocycles. The second-order valence-electron chi connectivity index (χ2n) is 4.72. The van der Waals surface area contributed by atoms with Gasteiger partial charge < -0.3 is 14.7 Å². The van der Waals surface area contributed by atoms with Gasteiger partial charge in [-0.3, -0.25) is 0 Å². The third-order valence-electron chi connectivity index (χ3n) is 2.05. The summed E-state index contributed by atoms with van der Waals surface area (Å²) in [4.78, 5) is 13.1. The van der Waals surface area contributed by atoms with E-state index in [1.54, 1.807) is 4.90 Å². The van der Waals surface area contributed by atoms with Gasteiger partial charge in [0.1, 0.15) is 5.60 Å². The van der Waals surface area contributed by atoms with Crippen molar-refractivity contribution in [1.82, 2.24) is 4.90 Å². The average Bonchev–Trinajstić information content (AvgIpc) is 2.18. The maximum absolute atomic E-state index is 11.6. The fourth-order valence-electron chi connectivity index (χ4n) is 1.45. The summed E-state index contributed by atoms with van der Waals surface area (Å²) in [5.41, 5.74) is -0.459. The van der Waals surface area contributed by atoms with Gasteiger partial charge in [-0.05, 0) is 33.6 Å². The van der Waals surface area contributed by atoms with Crippen LogP contribution in [0, 0.1) is 0 Å². The molecule has 4 heteroatoms. The highest BCUT2D eigenvalue weighted by Crippen LogP contribution is 2.14. The van der Waals surface area contributed by atoms with Crippen molar-refractivity contribution in [2.24, 2.45) is 0 Å². The largest absolute Gasteiger partial charge is 0.444 e. The highest BCUT2D eigenvalue weighted by molar-refractivity contribution is 5.68. The Morgan fingerprint density at radius 1 is 1.38 bits per heavy atom. The van der Waals surface area contributed by atoms with Crippen LogP contribution in [-0.4, -0.2) is 40.9 Å². The van der Waals surface area contributed by atoms with Gasteiger partial charge >= 0.3 is 6.09 Å². The van der Waals surface area contributed by atoms with E-state index < -0.39 is 11.7 Å². The smallest absolute Gasteiger partial charge is 0.410 e. The fourth-order valence-corrected chi connectivity index (χ4v) is 1.45. The molecule has 4 nitrogen and oxygen atoms in total. The fraction of sp³-hybridized carbons (Fsp3) is 0.917. The first-order valence-corrected chi connectivity index (χ1v) is 6.04. The Bertz CT molecular complexity index is 211. The van der Waals surface area contributed by atoms with Crippen LogP contribution in [0.3, 0.4) is 0 Å². The molecule has 1 aliphatic rings. The zero-order valence-corrected chi connectivity index (χ0v) is 11.1. The van der Waals surface area contributed by atoms with Crippen LogP contribution >= 0.6 is 0 Å². The van der Waals surface area contributed by atoms with Crippen LogP contribution in [0.2, 0.25) is 0 Å². The first-order valence-electron chi connectivity index (χ1n) is 6.04. The number of ether oxygens (including phenoxy) is 1. The number of rotatable bonds is 0. The highest BCUT2D eigenvalue weighted by atomic mass is 16.6. The van der Waals surface area contributed by atoms with Crippen LogP contribution < -0.4 is 0 Å². The van der Waals surface area contributed by atoms with Crippen molar-refractivity contribution in [3.05, 3.63) is 0 Å². The standard InChI is InChI=1S/C10H19NO3.C2H6/c1-10(2,3)14-9(13)11-6-4-5-8(12)7-11;1-2/h8,12H,4-7H2,1-3H3;1-2H3/t8-;/m1./s1. The monoisotopic (exact) mass is 231 g/mol. The van der Waals surface area contributed by atoms with Gasteiger partial charge in [-0.25, -0.2) is 4.79 Å². The molecule has 1 rings (SSSR count). The summed E-state index contributed by atoms with van der Waals surface area (Å²) in [6, 6.07) is 0. The SMILES string of the molecule is CC.CC(C)(C)OC(=O)N1CCC[C@@H](O)C1. The molecule has 1 fully saturated rings. The van der Waals surface area contributed by atoms with Crippen molar-refractivity contribution in [1.29, 1.82) is 0 Å². The zero-order valence-electron chi connectivity index (χ0n) is 11.1. The lowest BCUT2D eigenvalue weighted by Crippen LogP contribution is -2.44. The topological polar surface area (TPSA) is 49.8 Å². The maximum Gasteiger partial charge on any atom is 0.410 e. The van der Waals surface area contributed by atoms with Gasteiger partial charge in [0.2, 0.25) is 0 Å². The summed E-state index contributed by atoms with van der Waals surface area (Å²) in [6.45, 7) is 10.6. The minimum absolute atomic E-state index is 0.323. The van der Waals surface area contributed by atoms with E-state index in [0.717, 1.165) is 12.8 Å². The number of β-amino-alcohol motifs (C(OH)–C–C–N with tert-alkyl or cyclic N) is 1. The van der Waals surface area contributed by atoms with Crippen molar-refractivity contribution >= 4 is 6.09 Å². The lowest BCUT2D eigenvalue weighted by atomic mass is 10.1. The van der Waals surface area contributed by atoms with Crippen molar-refractivity contribution in [2.75, 3.05) is 13.1 Å². The summed E-state index contributed by atoms with van der Waals surface area (Å²) in [5.74, 6) is 0. The molecule has 0 saturated carbocycles. The molecule has 0 aromatic heterocycles. The average molecular weight is 231 g/mol. The molecule has 0 aliphatic carbocycles. The molecule has 0 radical (unpaired) electrons. The van der Waals surface area contributed by atoms with Crippen molar-refractivity contribution in [2.45, 2.75) is 59.2 Å². The van der Waals surface area contributed by atoms with Crippen LogP contribution in [0.15, 0.2) is 0 Å². The third kappa shape index (κ3) is 5.95. The number of hydrogen-bond acceptors (Lipinski definition) is 3. The van der Waals surface area contributed by atoms with Crippen molar-refractivity contribution in [3.8, 4) is 0 Å². The molecule has 1 aliphatic heterocycles. The molecule has 1 N–H and O–H groups in total. The van der Waals surface area contributed by atoms with E-state index in [4.69, 9.17) is 4.74 Å². The number of aliphatic hydroxyl groups excluding tert-OH is 1. The maximum atomic E-state index is 11.6. The Morgan fingerprint density at radius 2 is 1.94 bits per heavy atom. The number of carbonyl (C=O) groups excluding carboxylic acids is 1. The van der Waals surface area contributed by atoms with E-state index in [0.29, 0.717) is 13.1 Å². The van der Waals surface area contributed by atoms with Crippen LogP contribution in [0.25, 0.3) is 0 Å². The Morgan fingerprint density at radius 3 is 2.38 bits per heavy atom. The highest BCUT2D eigenvalue weighted by Gasteiger charge is 2.26. The van der Waals surface area contributed by atoms with Gasteiger partial charge in [-0.1, -0.05) is 13.8 Å². The van der Waals surface area contributed by atoms with Crippen molar-refractivity contribution in [3.63, 3.8) is 0 Å². The van der Waals surface area contributed by atoms with Crippen LogP contribution in [0.4, 0.5) is 4.79 Å². The van der Waals surface area contributed by atoms with Gasteiger partial charge in [0.15, 0.2) is 0 Å². The summed E-state index contributed by atoms with van der Waals surface area (Å²) in [7, 11) is 0. The summed E-state index contributed by atoms with van der Waals surface area (Å²) >= 11 is 0. The molecule has 0 unspecified atom stereocenters. The van der Waals surface area contributed by atoms with Crippen LogP contribution in [-0.2, 0) is 4.74 Å². The van der Waals surface area contributed by atoms with Gasteiger partial charge in [0.05, 0.1) is 6.10 Å². The molecule has 0 aromatic rings. The number of likely N-dealkylation sites (tertiary alicyclic amines) is 1. The summed E-state index contributed by atoms with van der Waals surface area (Å²) in [5, 5.41) is 9.38. The molecule has 0 spiro atoms. The minimum Gasteiger partial charge on any atom is -0.444 e. The van der Waals surface area contributed by atoms with Gasteiger partial charge in [-0.2, -0.15) is 0 Å². The van der Waals surface area contributed by atoms with E-state index in [2.05, 4.69) is 0 Å². The number of amides is 1. The Hall–Kier alpha value is -0.770. The molecule has 1 amide bonds. The van der Waals surface area contributed by atoms with E-state index in [1.807, 2.05) is 34.6 Å². The molecule has 0 bridgehead atoms. The molecule has 16 heavy (non-hydrogen) atoms. The summed E-state index contributed by atoms with van der Waals surface area (Å²) < 4.78 is 5.20. The second kappa shape index (κ2) is 6.74. The predicted molar refractivity (Wildman–Crippen MR) is 64.4 cm³/mol. The number of nitrogens with zero attached hydrogens (tertiary/aromatic N) is 1. The normalized spacial score (nSPS) is 20.9. The van der Waals surface area contributed by atoms with E-state index >= 15 is 0 Å². The molecule has 0 aromatic carbocycles. The molecular weight excluding hydrogens is 206 g/mol. The minimum atomic E-state index is -0.459. The van der Waals surface area contributed by atoms with Crippen LogP contribution in [0.5, 0.6) is 0 Å². The lowest BCUT2D eigenvalue weighted by molar-refractivity contribution is 0.00391. The van der Waals surface area contributed by atoms with E-state index in [9.17, 15) is 9.90 Å². The zero-order chi connectivity index (χ0) is 12.8. The first kappa shape index (κ1) is 15.2. The molecule has 1 atom stereocenters. The number of hydrogen-bond donors (Lipinski definition) is 1. The second-order valence-corrected chi connectivity index (χ2v) is 4.72. The Labute approximate surface area is 98.6 Å². The van der Waals surface area contributed by atoms with E-state index in [-0.39, 0.29) is 6.09 Å². The Balaban J connectivity index is 0.00000106. The molecule has 96 valence electrons. The quantitative estimate of drug-likeness (QED) is 0.696. The summed E-state index contributed by atoms with van der Waals surface area (Å²) in [6.07, 6.45) is 0.909. The predicted octanol–water partition coefficient (Wildman–Crippen LogP) is 2.40. The van der Waals surface area contributed by atoms with Gasteiger partial charge in [-0.15, -0.1) is 0 Å². The third-order valence-corrected chi connectivity index (χ3v) is 2.05. The van der Waals surface area contributed by atoms with Gasteiger partial charge in [0.25, 0.3) is 0 Å². The first-order chi connectivity index (χ1) is 7.38. The number of aliphatic hydroxyl groups is 1.